The van der Waals surface area contributed by atoms with Gasteiger partial charge in [-0.2, -0.15) is 0 Å². The molecule has 146 valence electrons. The second kappa shape index (κ2) is 10.4. The first-order chi connectivity index (χ1) is 11.3. The van der Waals surface area contributed by atoms with E-state index in [1.54, 1.807) is 4.90 Å². The maximum atomic E-state index is 12.0. The molecule has 2 saturated heterocycles. The molecule has 2 rings (SSSR count). The molecule has 2 aliphatic heterocycles. The second-order valence-corrected chi connectivity index (χ2v) is 7.15. The van der Waals surface area contributed by atoms with Gasteiger partial charge in [-0.1, -0.05) is 0 Å². The predicted octanol–water partition coefficient (Wildman–Crippen LogP) is 0.804. The summed E-state index contributed by atoms with van der Waals surface area (Å²) < 4.78 is 10.7. The first kappa shape index (κ1) is 22.2. The van der Waals surface area contributed by atoms with Crippen molar-refractivity contribution in [2.45, 2.75) is 26.4 Å². The summed E-state index contributed by atoms with van der Waals surface area (Å²) in [6.45, 7) is 13.3. The monoisotopic (exact) mass is 469 g/mol. The molecule has 0 saturated carbocycles. The maximum Gasteiger partial charge on any atom is 0.410 e. The van der Waals surface area contributed by atoms with E-state index in [4.69, 9.17) is 15.2 Å². The lowest BCUT2D eigenvalue weighted by molar-refractivity contribution is 0.0148. The van der Waals surface area contributed by atoms with E-state index in [1.165, 1.54) is 0 Å². The van der Waals surface area contributed by atoms with Gasteiger partial charge in [0, 0.05) is 45.8 Å². The van der Waals surface area contributed by atoms with Gasteiger partial charge in [0.25, 0.3) is 0 Å². The molecule has 8 nitrogen and oxygen atoms in total. The third-order valence-corrected chi connectivity index (χ3v) is 4.05. The van der Waals surface area contributed by atoms with Gasteiger partial charge in [-0.05, 0) is 20.8 Å². The fourth-order valence-electron chi connectivity index (χ4n) is 2.68. The molecule has 2 fully saturated rings. The number of guanidine groups is 1. The maximum absolute atomic E-state index is 12.0. The zero-order valence-corrected chi connectivity index (χ0v) is 17.9. The van der Waals surface area contributed by atoms with Gasteiger partial charge < -0.3 is 25.0 Å². The molecule has 0 unspecified atom stereocenters. The molecule has 0 spiro atoms. The van der Waals surface area contributed by atoms with Crippen LogP contribution in [0.3, 0.4) is 0 Å². The Bertz CT molecular complexity index is 442. The van der Waals surface area contributed by atoms with Crippen LogP contribution >= 0.6 is 24.0 Å². The number of hydrogen-bond acceptors (Lipinski definition) is 5. The summed E-state index contributed by atoms with van der Waals surface area (Å²) in [5.41, 5.74) is 5.57. The molecule has 25 heavy (non-hydrogen) atoms. The minimum absolute atomic E-state index is 0. The van der Waals surface area contributed by atoms with Gasteiger partial charge >= 0.3 is 6.09 Å². The number of amides is 1. The molecule has 0 aliphatic carbocycles. The van der Waals surface area contributed by atoms with Crippen LogP contribution in [0.5, 0.6) is 0 Å². The van der Waals surface area contributed by atoms with Crippen LogP contribution in [0.4, 0.5) is 4.79 Å². The minimum Gasteiger partial charge on any atom is -0.444 e. The first-order valence-electron chi connectivity index (χ1n) is 8.68. The molecular formula is C16H32IN5O3. The van der Waals surface area contributed by atoms with Crippen LogP contribution in [0, 0.1) is 0 Å². The van der Waals surface area contributed by atoms with Crippen molar-refractivity contribution in [3.63, 3.8) is 0 Å². The molecule has 2 heterocycles. The summed E-state index contributed by atoms with van der Waals surface area (Å²) in [4.78, 5) is 22.6. The highest BCUT2D eigenvalue weighted by molar-refractivity contribution is 14.0. The van der Waals surface area contributed by atoms with Crippen LogP contribution in [-0.4, -0.2) is 97.9 Å². The van der Waals surface area contributed by atoms with Crippen molar-refractivity contribution in [1.29, 1.82) is 0 Å². The molecule has 9 heteroatoms. The summed E-state index contributed by atoms with van der Waals surface area (Å²) in [6.07, 6.45) is -0.225. The summed E-state index contributed by atoms with van der Waals surface area (Å²) in [6, 6.07) is 0. The van der Waals surface area contributed by atoms with Crippen LogP contribution < -0.4 is 5.73 Å². The fourth-order valence-corrected chi connectivity index (χ4v) is 2.68. The van der Waals surface area contributed by atoms with Crippen molar-refractivity contribution in [3.05, 3.63) is 0 Å². The zero-order valence-electron chi connectivity index (χ0n) is 15.6. The zero-order chi connectivity index (χ0) is 17.6. The Morgan fingerprint density at radius 3 is 2.24 bits per heavy atom. The van der Waals surface area contributed by atoms with Gasteiger partial charge in [0.05, 0.1) is 19.8 Å². The third-order valence-electron chi connectivity index (χ3n) is 4.05. The van der Waals surface area contributed by atoms with Crippen LogP contribution in [0.1, 0.15) is 20.8 Å². The summed E-state index contributed by atoms with van der Waals surface area (Å²) >= 11 is 0. The average Bonchev–Trinajstić information content (AvgIpc) is 2.54. The normalized spacial score (nSPS) is 20.2. The van der Waals surface area contributed by atoms with Crippen molar-refractivity contribution < 1.29 is 14.3 Å². The van der Waals surface area contributed by atoms with E-state index < -0.39 is 5.60 Å². The van der Waals surface area contributed by atoms with E-state index >= 15 is 0 Å². The number of nitrogens with two attached hydrogens (primary N) is 1. The highest BCUT2D eigenvalue weighted by Gasteiger charge is 2.25. The number of carbonyl (C=O) groups is 1. The van der Waals surface area contributed by atoms with E-state index in [2.05, 4.69) is 14.8 Å². The van der Waals surface area contributed by atoms with Crippen LogP contribution in [-0.2, 0) is 9.47 Å². The van der Waals surface area contributed by atoms with Crippen molar-refractivity contribution >= 4 is 36.0 Å². The predicted molar refractivity (Wildman–Crippen MR) is 109 cm³/mol. The van der Waals surface area contributed by atoms with E-state index in [0.29, 0.717) is 38.8 Å². The number of piperazine rings is 1. The van der Waals surface area contributed by atoms with Crippen molar-refractivity contribution in [3.8, 4) is 0 Å². The van der Waals surface area contributed by atoms with Gasteiger partial charge in [0.2, 0.25) is 0 Å². The SMILES string of the molecule is CC(C)(C)OC(=O)N1CCN(CCN=C(N)N2CCOCC2)CC1.I. The number of ether oxygens (including phenoxy) is 2. The Labute approximate surface area is 167 Å². The van der Waals surface area contributed by atoms with E-state index in [9.17, 15) is 4.79 Å². The summed E-state index contributed by atoms with van der Waals surface area (Å²) in [5.74, 6) is 0.602. The van der Waals surface area contributed by atoms with Crippen LogP contribution in [0.25, 0.3) is 0 Å². The van der Waals surface area contributed by atoms with Gasteiger partial charge in [-0.3, -0.25) is 9.89 Å². The quantitative estimate of drug-likeness (QED) is 0.374. The first-order valence-corrected chi connectivity index (χ1v) is 8.68. The van der Waals surface area contributed by atoms with Crippen LogP contribution in [0.15, 0.2) is 4.99 Å². The Balaban J connectivity index is 0.00000312. The van der Waals surface area contributed by atoms with Crippen molar-refractivity contribution in [1.82, 2.24) is 14.7 Å². The summed E-state index contributed by atoms with van der Waals surface area (Å²) in [5, 5.41) is 0. The molecule has 0 aromatic rings. The van der Waals surface area contributed by atoms with E-state index in [-0.39, 0.29) is 30.1 Å². The largest absolute Gasteiger partial charge is 0.444 e. The van der Waals surface area contributed by atoms with Gasteiger partial charge in [-0.25, -0.2) is 4.79 Å². The minimum atomic E-state index is -0.444. The molecule has 0 bridgehead atoms. The Kier molecular flexibility index (Phi) is 9.22. The fraction of sp³-hybridized carbons (Fsp3) is 0.875. The molecular weight excluding hydrogens is 437 g/mol. The number of rotatable bonds is 3. The van der Waals surface area contributed by atoms with Crippen molar-refractivity contribution in [2.24, 2.45) is 10.7 Å². The lowest BCUT2D eigenvalue weighted by atomic mass is 10.2. The highest BCUT2D eigenvalue weighted by atomic mass is 127. The highest BCUT2D eigenvalue weighted by Crippen LogP contribution is 2.11. The second-order valence-electron chi connectivity index (χ2n) is 7.15. The Hall–Kier alpha value is -0.810. The van der Waals surface area contributed by atoms with E-state index in [0.717, 1.165) is 32.7 Å². The lowest BCUT2D eigenvalue weighted by Gasteiger charge is -2.35. The molecule has 1 amide bonds. The molecule has 2 aliphatic rings. The molecule has 0 radical (unpaired) electrons. The molecule has 0 atom stereocenters. The van der Waals surface area contributed by atoms with Gasteiger partial charge in [-0.15, -0.1) is 24.0 Å². The Morgan fingerprint density at radius 1 is 1.08 bits per heavy atom. The summed E-state index contributed by atoms with van der Waals surface area (Å²) in [7, 11) is 0. The number of hydrogen-bond donors (Lipinski definition) is 1. The third kappa shape index (κ3) is 7.95. The van der Waals surface area contributed by atoms with Crippen LogP contribution in [0.2, 0.25) is 0 Å². The van der Waals surface area contributed by atoms with E-state index in [1.807, 2.05) is 20.8 Å². The molecule has 2 N–H and O–H groups in total. The lowest BCUT2D eigenvalue weighted by Crippen LogP contribution is -2.50. The molecule has 0 aromatic carbocycles. The molecule has 0 aromatic heterocycles. The number of carbonyl (C=O) groups excluding carboxylic acids is 1. The van der Waals surface area contributed by atoms with Crippen molar-refractivity contribution in [2.75, 3.05) is 65.6 Å². The topological polar surface area (TPSA) is 83.6 Å². The number of morpholine rings is 1. The number of halogens is 1. The average molecular weight is 469 g/mol. The Morgan fingerprint density at radius 2 is 1.68 bits per heavy atom. The van der Waals surface area contributed by atoms with Gasteiger partial charge in [0.1, 0.15) is 5.60 Å². The standard InChI is InChI=1S/C16H31N5O3.HI/c1-16(2,3)24-15(22)21-8-6-19(7-9-21)5-4-18-14(17)20-10-12-23-13-11-20;/h4-13H2,1-3H3,(H2,17,18);1H. The smallest absolute Gasteiger partial charge is 0.410 e. The van der Waals surface area contributed by atoms with Gasteiger partial charge in [0.15, 0.2) is 5.96 Å². The number of nitrogens with zero attached hydrogens (tertiary/aromatic N) is 4. The number of aliphatic imine (C=N–C) groups is 1.